The van der Waals surface area contributed by atoms with Crippen molar-refractivity contribution in [3.8, 4) is 11.5 Å². The Morgan fingerprint density at radius 1 is 1.20 bits per heavy atom. The third kappa shape index (κ3) is 5.80. The summed E-state index contributed by atoms with van der Waals surface area (Å²) in [5.41, 5.74) is 0.329. The van der Waals surface area contributed by atoms with Gasteiger partial charge in [0.1, 0.15) is 0 Å². The smallest absolute Gasteiger partial charge is 0.165 e. The fourth-order valence-electron chi connectivity index (χ4n) is 1.84. The lowest BCUT2D eigenvalue weighted by atomic mass is 10.1. The minimum Gasteiger partial charge on any atom is -0.490 e. The van der Waals surface area contributed by atoms with Gasteiger partial charge in [-0.3, -0.25) is 0 Å². The number of benzene rings is 1. The molecule has 114 valence electrons. The lowest BCUT2D eigenvalue weighted by molar-refractivity contribution is 0.0794. The molecule has 0 aliphatic heterocycles. The van der Waals surface area contributed by atoms with E-state index in [9.17, 15) is 5.11 Å². The van der Waals surface area contributed by atoms with E-state index in [-0.39, 0.29) is 0 Å². The van der Waals surface area contributed by atoms with Gasteiger partial charge in [-0.1, -0.05) is 19.1 Å². The number of nitrogens with one attached hydrogen (secondary N) is 1. The predicted molar refractivity (Wildman–Crippen MR) is 81.4 cm³/mol. The molecule has 0 amide bonds. The fourth-order valence-corrected chi connectivity index (χ4v) is 1.84. The molecule has 0 unspecified atom stereocenters. The van der Waals surface area contributed by atoms with E-state index < -0.39 is 5.60 Å². The molecular formula is C16H27NO3. The van der Waals surface area contributed by atoms with E-state index in [0.717, 1.165) is 23.5 Å². The molecule has 0 atom stereocenters. The Bertz CT molecular complexity index is 399. The van der Waals surface area contributed by atoms with E-state index in [1.165, 1.54) is 0 Å². The minimum atomic E-state index is -0.720. The van der Waals surface area contributed by atoms with E-state index in [0.29, 0.717) is 26.3 Å². The van der Waals surface area contributed by atoms with Gasteiger partial charge < -0.3 is 19.9 Å². The molecule has 0 heterocycles. The van der Waals surface area contributed by atoms with Gasteiger partial charge >= 0.3 is 0 Å². The summed E-state index contributed by atoms with van der Waals surface area (Å²) in [4.78, 5) is 0. The van der Waals surface area contributed by atoms with Crippen LogP contribution in [-0.2, 0) is 6.54 Å². The molecule has 0 fully saturated rings. The lowest BCUT2D eigenvalue weighted by Crippen LogP contribution is -2.34. The first-order valence-electron chi connectivity index (χ1n) is 7.28. The van der Waals surface area contributed by atoms with Gasteiger partial charge in [-0.25, -0.2) is 0 Å². The largest absolute Gasteiger partial charge is 0.490 e. The molecule has 1 rings (SSSR count). The molecule has 0 radical (unpaired) electrons. The van der Waals surface area contributed by atoms with Gasteiger partial charge in [-0.15, -0.1) is 0 Å². The van der Waals surface area contributed by atoms with Crippen molar-refractivity contribution in [2.75, 3.05) is 19.8 Å². The maximum Gasteiger partial charge on any atom is 0.165 e. The SMILES string of the molecule is CCCOc1c(CNCC(C)(C)O)cccc1OCC. The van der Waals surface area contributed by atoms with Crippen molar-refractivity contribution in [1.29, 1.82) is 0 Å². The van der Waals surface area contributed by atoms with Gasteiger partial charge in [0.2, 0.25) is 0 Å². The minimum absolute atomic E-state index is 0.527. The molecule has 0 saturated carbocycles. The third-order valence-electron chi connectivity index (χ3n) is 2.68. The van der Waals surface area contributed by atoms with Crippen LogP contribution < -0.4 is 14.8 Å². The summed E-state index contributed by atoms with van der Waals surface area (Å²) in [6, 6.07) is 5.91. The van der Waals surface area contributed by atoms with Crippen LogP contribution in [0, 0.1) is 0 Å². The Morgan fingerprint density at radius 3 is 2.55 bits per heavy atom. The zero-order valence-corrected chi connectivity index (χ0v) is 13.0. The molecule has 0 aromatic heterocycles. The number of hydrogen-bond acceptors (Lipinski definition) is 4. The highest BCUT2D eigenvalue weighted by Gasteiger charge is 2.14. The standard InChI is InChI=1S/C16H27NO3/c1-5-10-20-15-13(11-17-12-16(3,4)18)8-7-9-14(15)19-6-2/h7-9,17-18H,5-6,10-12H2,1-4H3. The Morgan fingerprint density at radius 2 is 1.95 bits per heavy atom. The molecule has 20 heavy (non-hydrogen) atoms. The van der Waals surface area contributed by atoms with E-state index in [1.54, 1.807) is 13.8 Å². The predicted octanol–water partition coefficient (Wildman–Crippen LogP) is 2.73. The maximum absolute atomic E-state index is 9.73. The van der Waals surface area contributed by atoms with Crippen molar-refractivity contribution in [2.45, 2.75) is 46.3 Å². The summed E-state index contributed by atoms with van der Waals surface area (Å²) in [5, 5.41) is 13.0. The second-order valence-electron chi connectivity index (χ2n) is 5.44. The molecule has 0 saturated heterocycles. The van der Waals surface area contributed by atoms with Crippen LogP contribution in [0.3, 0.4) is 0 Å². The second-order valence-corrected chi connectivity index (χ2v) is 5.44. The molecule has 1 aromatic rings. The number of rotatable bonds is 9. The van der Waals surface area contributed by atoms with Crippen molar-refractivity contribution in [3.63, 3.8) is 0 Å². The molecular weight excluding hydrogens is 254 g/mol. The van der Waals surface area contributed by atoms with E-state index in [2.05, 4.69) is 12.2 Å². The average Bonchev–Trinajstić information content (AvgIpc) is 2.37. The van der Waals surface area contributed by atoms with Crippen LogP contribution in [0.5, 0.6) is 11.5 Å². The Kier molecular flexibility index (Phi) is 6.82. The quantitative estimate of drug-likeness (QED) is 0.731. The molecule has 1 aromatic carbocycles. The zero-order valence-electron chi connectivity index (χ0n) is 13.0. The number of ether oxygens (including phenoxy) is 2. The van der Waals surface area contributed by atoms with Crippen LogP contribution >= 0.6 is 0 Å². The van der Waals surface area contributed by atoms with Crippen LogP contribution in [0.25, 0.3) is 0 Å². The van der Waals surface area contributed by atoms with E-state index in [1.807, 2.05) is 25.1 Å². The van der Waals surface area contributed by atoms with Crippen molar-refractivity contribution in [1.82, 2.24) is 5.32 Å². The van der Waals surface area contributed by atoms with Gasteiger partial charge in [-0.2, -0.15) is 0 Å². The van der Waals surface area contributed by atoms with Crippen molar-refractivity contribution in [3.05, 3.63) is 23.8 Å². The first-order chi connectivity index (χ1) is 9.48. The summed E-state index contributed by atoms with van der Waals surface area (Å²) in [5.74, 6) is 1.59. The summed E-state index contributed by atoms with van der Waals surface area (Å²) < 4.78 is 11.4. The summed E-state index contributed by atoms with van der Waals surface area (Å²) >= 11 is 0. The Labute approximate surface area is 122 Å². The molecule has 4 heteroatoms. The van der Waals surface area contributed by atoms with Crippen LogP contribution in [0.15, 0.2) is 18.2 Å². The molecule has 0 aliphatic rings. The Hall–Kier alpha value is -1.26. The summed E-state index contributed by atoms with van der Waals surface area (Å²) in [7, 11) is 0. The van der Waals surface area contributed by atoms with Crippen LogP contribution in [0.2, 0.25) is 0 Å². The monoisotopic (exact) mass is 281 g/mol. The highest BCUT2D eigenvalue weighted by Crippen LogP contribution is 2.31. The van der Waals surface area contributed by atoms with Gasteiger partial charge in [0.05, 0.1) is 18.8 Å². The topological polar surface area (TPSA) is 50.7 Å². The highest BCUT2D eigenvalue weighted by atomic mass is 16.5. The van der Waals surface area contributed by atoms with Crippen LogP contribution in [-0.4, -0.2) is 30.5 Å². The molecule has 0 aliphatic carbocycles. The van der Waals surface area contributed by atoms with E-state index >= 15 is 0 Å². The molecule has 4 nitrogen and oxygen atoms in total. The normalized spacial score (nSPS) is 11.4. The highest BCUT2D eigenvalue weighted by molar-refractivity contribution is 5.46. The lowest BCUT2D eigenvalue weighted by Gasteiger charge is -2.19. The molecule has 2 N–H and O–H groups in total. The fraction of sp³-hybridized carbons (Fsp3) is 0.625. The number of hydrogen-bond donors (Lipinski definition) is 2. The Balaban J connectivity index is 2.79. The first-order valence-corrected chi connectivity index (χ1v) is 7.28. The first kappa shape index (κ1) is 16.8. The van der Waals surface area contributed by atoms with Gasteiger partial charge in [0.25, 0.3) is 0 Å². The zero-order chi connectivity index (χ0) is 15.0. The van der Waals surface area contributed by atoms with Crippen LogP contribution in [0.4, 0.5) is 0 Å². The van der Waals surface area contributed by atoms with Gasteiger partial charge in [-0.05, 0) is 33.3 Å². The summed E-state index contributed by atoms with van der Waals surface area (Å²) in [6.07, 6.45) is 0.955. The molecule has 0 spiro atoms. The van der Waals surface area contributed by atoms with Crippen molar-refractivity contribution in [2.24, 2.45) is 0 Å². The summed E-state index contributed by atoms with van der Waals surface area (Å²) in [6.45, 7) is 10.1. The number of aliphatic hydroxyl groups is 1. The van der Waals surface area contributed by atoms with E-state index in [4.69, 9.17) is 9.47 Å². The number of para-hydroxylation sites is 1. The van der Waals surface area contributed by atoms with Crippen molar-refractivity contribution >= 4 is 0 Å². The average molecular weight is 281 g/mol. The maximum atomic E-state index is 9.73. The van der Waals surface area contributed by atoms with Crippen LogP contribution in [0.1, 0.15) is 39.7 Å². The third-order valence-corrected chi connectivity index (χ3v) is 2.68. The molecule has 0 bridgehead atoms. The van der Waals surface area contributed by atoms with Gasteiger partial charge in [0.15, 0.2) is 11.5 Å². The van der Waals surface area contributed by atoms with Gasteiger partial charge in [0, 0.05) is 18.7 Å². The van der Waals surface area contributed by atoms with Crippen molar-refractivity contribution < 1.29 is 14.6 Å². The second kappa shape index (κ2) is 8.12.